The summed E-state index contributed by atoms with van der Waals surface area (Å²) in [7, 11) is 0. The number of allylic oxidation sites excluding steroid dienone is 5. The van der Waals surface area contributed by atoms with Crippen molar-refractivity contribution in [3.05, 3.63) is 34.9 Å². The van der Waals surface area contributed by atoms with E-state index in [-0.39, 0.29) is 16.9 Å². The molecule has 1 N–H and O–H groups in total. The molecular weight excluding hydrogens is 376 g/mol. The monoisotopic (exact) mass is 424 g/mol. The maximum atomic E-state index is 10.8. The summed E-state index contributed by atoms with van der Waals surface area (Å²) in [6.07, 6.45) is 13.5. The van der Waals surface area contributed by atoms with E-state index in [1.54, 1.807) is 16.7 Å². The van der Waals surface area contributed by atoms with Crippen LogP contribution in [0.1, 0.15) is 106 Å². The van der Waals surface area contributed by atoms with Gasteiger partial charge in [-0.25, -0.2) is 0 Å². The van der Waals surface area contributed by atoms with Crippen molar-refractivity contribution in [1.29, 1.82) is 0 Å². The summed E-state index contributed by atoms with van der Waals surface area (Å²) in [6, 6.07) is 0. The lowest BCUT2D eigenvalue weighted by Gasteiger charge is -2.59. The zero-order valence-electron chi connectivity index (χ0n) is 21.5. The number of hydrogen-bond donors (Lipinski definition) is 1. The topological polar surface area (TPSA) is 20.2 Å². The van der Waals surface area contributed by atoms with Gasteiger partial charge < -0.3 is 5.11 Å². The highest BCUT2D eigenvalue weighted by atomic mass is 16.3. The van der Waals surface area contributed by atoms with Gasteiger partial charge >= 0.3 is 0 Å². The maximum Gasteiger partial charge on any atom is 0.0594 e. The van der Waals surface area contributed by atoms with Crippen LogP contribution in [0.3, 0.4) is 0 Å². The van der Waals surface area contributed by atoms with Gasteiger partial charge in [0.2, 0.25) is 0 Å². The van der Waals surface area contributed by atoms with Crippen LogP contribution in [0.25, 0.3) is 0 Å². The molecule has 0 amide bonds. The van der Waals surface area contributed by atoms with E-state index < -0.39 is 0 Å². The minimum Gasteiger partial charge on any atom is -0.393 e. The molecule has 1 heteroatoms. The van der Waals surface area contributed by atoms with Crippen molar-refractivity contribution >= 4 is 0 Å². The Morgan fingerprint density at radius 1 is 1.06 bits per heavy atom. The van der Waals surface area contributed by atoms with Crippen LogP contribution in [-0.4, -0.2) is 11.2 Å². The van der Waals surface area contributed by atoms with Crippen LogP contribution in [-0.2, 0) is 0 Å². The van der Waals surface area contributed by atoms with Crippen molar-refractivity contribution in [3.63, 3.8) is 0 Å². The Morgan fingerprint density at radius 2 is 1.77 bits per heavy atom. The van der Waals surface area contributed by atoms with E-state index in [9.17, 15) is 5.11 Å². The van der Waals surface area contributed by atoms with Crippen LogP contribution in [0.5, 0.6) is 0 Å². The first kappa shape index (κ1) is 23.3. The summed E-state index contributed by atoms with van der Waals surface area (Å²) in [5.74, 6) is 2.76. The quantitative estimate of drug-likeness (QED) is 0.440. The largest absolute Gasteiger partial charge is 0.393 e. The lowest BCUT2D eigenvalue weighted by molar-refractivity contribution is -0.0905. The van der Waals surface area contributed by atoms with Gasteiger partial charge in [-0.1, -0.05) is 72.3 Å². The molecule has 1 saturated carbocycles. The van der Waals surface area contributed by atoms with Gasteiger partial charge in [0.25, 0.3) is 0 Å². The van der Waals surface area contributed by atoms with E-state index in [4.69, 9.17) is 0 Å². The van der Waals surface area contributed by atoms with Crippen LogP contribution in [0.15, 0.2) is 34.9 Å². The first-order valence-corrected chi connectivity index (χ1v) is 13.2. The zero-order valence-corrected chi connectivity index (χ0v) is 21.5. The first-order valence-electron chi connectivity index (χ1n) is 13.2. The van der Waals surface area contributed by atoms with E-state index in [2.05, 4.69) is 61.1 Å². The zero-order chi connectivity index (χ0) is 22.8. The molecular formula is C30H48O. The van der Waals surface area contributed by atoms with Crippen molar-refractivity contribution < 1.29 is 5.11 Å². The molecule has 1 nitrogen and oxygen atoms in total. The Balaban J connectivity index is 1.58. The fourth-order valence-electron chi connectivity index (χ4n) is 8.48. The molecule has 0 bridgehead atoms. The standard InChI is InChI=1S/C30H48O/c1-19(2)20(3)9-10-21(4)23-12-13-24-22-11-14-26-28(5,6)27(31)16-18-30(26,8)25(22)15-17-29(23,24)7/h13,19,21,23,26-27,31H,3,9-12,14-18H2,1-2,4-8H3/t21-,23-,26+,27+,29-,30-/m1/s1. The van der Waals surface area contributed by atoms with Gasteiger partial charge in [0.15, 0.2) is 0 Å². The SMILES string of the molecule is C=C(CC[C@@H](C)[C@H]1CC=C2C3=C(CC[C@@]21C)[C@@]1(C)CC[C@H](O)C(C)(C)[C@@H]1CC3)C(C)C. The van der Waals surface area contributed by atoms with E-state index in [0.717, 1.165) is 18.3 Å². The summed E-state index contributed by atoms with van der Waals surface area (Å²) >= 11 is 0. The highest BCUT2D eigenvalue weighted by Gasteiger charge is 2.57. The summed E-state index contributed by atoms with van der Waals surface area (Å²) in [6.45, 7) is 21.2. The van der Waals surface area contributed by atoms with Crippen molar-refractivity contribution in [2.75, 3.05) is 0 Å². The molecule has 4 rings (SSSR count). The second kappa shape index (κ2) is 7.89. The smallest absolute Gasteiger partial charge is 0.0594 e. The number of hydrogen-bond acceptors (Lipinski definition) is 1. The molecule has 0 saturated heterocycles. The summed E-state index contributed by atoms with van der Waals surface area (Å²) in [5, 5.41) is 10.8. The molecule has 4 aliphatic carbocycles. The molecule has 1 fully saturated rings. The summed E-state index contributed by atoms with van der Waals surface area (Å²) in [4.78, 5) is 0. The third-order valence-corrected chi connectivity index (χ3v) is 10.9. The van der Waals surface area contributed by atoms with Gasteiger partial charge in [-0.2, -0.15) is 0 Å². The third-order valence-electron chi connectivity index (χ3n) is 10.9. The molecule has 0 aromatic carbocycles. The maximum absolute atomic E-state index is 10.8. The number of fused-ring (bicyclic) bond motifs is 4. The Labute approximate surface area is 192 Å². The van der Waals surface area contributed by atoms with Gasteiger partial charge in [-0.3, -0.25) is 0 Å². The summed E-state index contributed by atoms with van der Waals surface area (Å²) in [5.41, 5.74) is 7.38. The van der Waals surface area contributed by atoms with Crippen molar-refractivity contribution in [2.45, 2.75) is 112 Å². The van der Waals surface area contributed by atoms with Gasteiger partial charge in [0, 0.05) is 0 Å². The lowest BCUT2D eigenvalue weighted by Crippen LogP contribution is -2.53. The Bertz CT molecular complexity index is 795. The second-order valence-corrected chi connectivity index (χ2v) is 13.0. The van der Waals surface area contributed by atoms with E-state index >= 15 is 0 Å². The highest BCUT2D eigenvalue weighted by Crippen LogP contribution is 2.66. The Hall–Kier alpha value is -0.820. The molecule has 6 atom stereocenters. The first-order chi connectivity index (χ1) is 14.4. The van der Waals surface area contributed by atoms with Crippen molar-refractivity contribution in [2.24, 2.45) is 39.9 Å². The predicted molar refractivity (Wildman–Crippen MR) is 133 cm³/mol. The molecule has 0 heterocycles. The van der Waals surface area contributed by atoms with E-state index in [1.807, 2.05) is 0 Å². The fraction of sp³-hybridized carbons (Fsp3) is 0.800. The summed E-state index contributed by atoms with van der Waals surface area (Å²) < 4.78 is 0. The molecule has 174 valence electrons. The van der Waals surface area contributed by atoms with Crippen LogP contribution in [0, 0.1) is 39.9 Å². The van der Waals surface area contributed by atoms with E-state index in [0.29, 0.717) is 17.3 Å². The number of aliphatic hydroxyl groups excluding tert-OH is 1. The average molecular weight is 425 g/mol. The lowest BCUT2D eigenvalue weighted by atomic mass is 9.46. The van der Waals surface area contributed by atoms with Crippen LogP contribution in [0.2, 0.25) is 0 Å². The molecule has 0 aliphatic heterocycles. The van der Waals surface area contributed by atoms with Gasteiger partial charge in [0.1, 0.15) is 0 Å². The average Bonchev–Trinajstić information content (AvgIpc) is 3.06. The van der Waals surface area contributed by atoms with Crippen LogP contribution in [0.4, 0.5) is 0 Å². The molecule has 0 radical (unpaired) electrons. The Kier molecular flexibility index (Phi) is 5.94. The number of aliphatic hydroxyl groups is 1. The highest BCUT2D eigenvalue weighted by molar-refractivity contribution is 5.49. The molecule has 0 unspecified atom stereocenters. The van der Waals surface area contributed by atoms with Crippen LogP contribution >= 0.6 is 0 Å². The van der Waals surface area contributed by atoms with E-state index in [1.165, 1.54) is 56.9 Å². The minimum absolute atomic E-state index is 0.0339. The molecule has 31 heavy (non-hydrogen) atoms. The van der Waals surface area contributed by atoms with Crippen molar-refractivity contribution in [3.8, 4) is 0 Å². The van der Waals surface area contributed by atoms with Gasteiger partial charge in [-0.15, -0.1) is 0 Å². The van der Waals surface area contributed by atoms with Crippen molar-refractivity contribution in [1.82, 2.24) is 0 Å². The van der Waals surface area contributed by atoms with Gasteiger partial charge in [-0.05, 0) is 109 Å². The molecule has 4 aliphatic rings. The van der Waals surface area contributed by atoms with Crippen LogP contribution < -0.4 is 0 Å². The normalized spacial score (nSPS) is 40.2. The minimum atomic E-state index is -0.141. The van der Waals surface area contributed by atoms with Gasteiger partial charge in [0.05, 0.1) is 6.10 Å². The fourth-order valence-corrected chi connectivity index (χ4v) is 8.48. The molecule has 0 aromatic heterocycles. The predicted octanol–water partition coefficient (Wildman–Crippen LogP) is 8.26. The molecule has 0 spiro atoms. The number of rotatable bonds is 5. The molecule has 0 aromatic rings. The third kappa shape index (κ3) is 3.53. The Morgan fingerprint density at radius 3 is 2.45 bits per heavy atom. The second-order valence-electron chi connectivity index (χ2n) is 13.0.